The SMILES string of the molecule is Cc1c(Cl)cccc1C#CCCNC(=O)OC(C)(C)C. The molecule has 0 saturated heterocycles. The number of benzene rings is 1. The Hall–Kier alpha value is -1.66. The van der Waals surface area contributed by atoms with Crippen LogP contribution >= 0.6 is 11.6 Å². The molecule has 0 aliphatic carbocycles. The highest BCUT2D eigenvalue weighted by Gasteiger charge is 2.15. The van der Waals surface area contributed by atoms with Gasteiger partial charge in [0.15, 0.2) is 0 Å². The summed E-state index contributed by atoms with van der Waals surface area (Å²) in [6.07, 6.45) is 0.142. The highest BCUT2D eigenvalue weighted by atomic mass is 35.5. The Labute approximate surface area is 125 Å². The molecule has 0 fully saturated rings. The molecule has 1 rings (SSSR count). The molecule has 0 radical (unpaired) electrons. The number of nitrogens with one attached hydrogen (secondary N) is 1. The van der Waals surface area contributed by atoms with Gasteiger partial charge >= 0.3 is 6.09 Å². The molecule has 20 heavy (non-hydrogen) atoms. The smallest absolute Gasteiger partial charge is 0.407 e. The molecule has 0 saturated carbocycles. The van der Waals surface area contributed by atoms with Gasteiger partial charge < -0.3 is 10.1 Å². The van der Waals surface area contributed by atoms with Crippen LogP contribution in [0.5, 0.6) is 0 Å². The van der Waals surface area contributed by atoms with Gasteiger partial charge in [-0.2, -0.15) is 0 Å². The number of halogens is 1. The van der Waals surface area contributed by atoms with Crippen LogP contribution in [0.2, 0.25) is 5.02 Å². The van der Waals surface area contributed by atoms with Crippen LogP contribution in [0, 0.1) is 18.8 Å². The molecule has 0 spiro atoms. The van der Waals surface area contributed by atoms with Gasteiger partial charge in [-0.05, 0) is 45.4 Å². The van der Waals surface area contributed by atoms with Crippen molar-refractivity contribution >= 4 is 17.7 Å². The summed E-state index contributed by atoms with van der Waals surface area (Å²) in [5, 5.41) is 3.37. The zero-order valence-corrected chi connectivity index (χ0v) is 13.1. The maximum Gasteiger partial charge on any atom is 0.407 e. The number of alkyl carbamates (subject to hydrolysis) is 1. The minimum atomic E-state index is -0.479. The zero-order chi connectivity index (χ0) is 15.2. The van der Waals surface area contributed by atoms with Crippen molar-refractivity contribution in [2.45, 2.75) is 39.7 Å². The molecule has 1 amide bonds. The third-order valence-corrected chi connectivity index (χ3v) is 2.82. The minimum absolute atomic E-state index is 0.418. The van der Waals surface area contributed by atoms with Crippen molar-refractivity contribution in [3.05, 3.63) is 34.3 Å². The van der Waals surface area contributed by atoms with Gasteiger partial charge in [0, 0.05) is 23.6 Å². The number of hydrogen-bond donors (Lipinski definition) is 1. The number of amides is 1. The predicted molar refractivity (Wildman–Crippen MR) is 81.9 cm³/mol. The van der Waals surface area contributed by atoms with Crippen molar-refractivity contribution in [3.63, 3.8) is 0 Å². The van der Waals surface area contributed by atoms with E-state index in [1.54, 1.807) is 0 Å². The summed E-state index contributed by atoms with van der Waals surface area (Å²) in [6.45, 7) is 7.88. The Morgan fingerprint density at radius 3 is 2.75 bits per heavy atom. The number of hydrogen-bond acceptors (Lipinski definition) is 2. The predicted octanol–water partition coefficient (Wildman–Crippen LogP) is 3.91. The second-order valence-electron chi connectivity index (χ2n) is 5.39. The Morgan fingerprint density at radius 1 is 1.40 bits per heavy atom. The fourth-order valence-electron chi connectivity index (χ4n) is 1.44. The number of carbonyl (C=O) groups is 1. The van der Waals surface area contributed by atoms with Crippen molar-refractivity contribution in [2.24, 2.45) is 0 Å². The molecule has 0 aromatic heterocycles. The van der Waals surface area contributed by atoms with Crippen LogP contribution in [0.25, 0.3) is 0 Å². The molecule has 0 bridgehead atoms. The molecule has 0 atom stereocenters. The highest BCUT2D eigenvalue weighted by molar-refractivity contribution is 6.31. The van der Waals surface area contributed by atoms with Gasteiger partial charge in [-0.3, -0.25) is 0 Å². The van der Waals surface area contributed by atoms with Crippen LogP contribution < -0.4 is 5.32 Å². The van der Waals surface area contributed by atoms with E-state index in [1.165, 1.54) is 0 Å². The third kappa shape index (κ3) is 5.99. The van der Waals surface area contributed by atoms with E-state index in [2.05, 4.69) is 17.2 Å². The first-order chi connectivity index (χ1) is 9.29. The highest BCUT2D eigenvalue weighted by Crippen LogP contribution is 2.17. The molecular formula is C16H20ClNO2. The summed E-state index contributed by atoms with van der Waals surface area (Å²) in [5.41, 5.74) is 1.41. The molecule has 1 aromatic rings. The maximum atomic E-state index is 11.4. The van der Waals surface area contributed by atoms with Crippen molar-refractivity contribution < 1.29 is 9.53 Å². The molecule has 0 aliphatic rings. The molecule has 4 heteroatoms. The zero-order valence-electron chi connectivity index (χ0n) is 12.3. The molecule has 1 aromatic carbocycles. The first-order valence-corrected chi connectivity index (χ1v) is 6.88. The van der Waals surface area contributed by atoms with E-state index < -0.39 is 11.7 Å². The Kier molecular flexibility index (Phi) is 5.91. The van der Waals surface area contributed by atoms with Gasteiger partial charge in [0.2, 0.25) is 0 Å². The largest absolute Gasteiger partial charge is 0.444 e. The summed E-state index contributed by atoms with van der Waals surface area (Å²) in [4.78, 5) is 11.4. The van der Waals surface area contributed by atoms with Gasteiger partial charge in [-0.25, -0.2) is 4.79 Å². The van der Waals surface area contributed by atoms with E-state index in [9.17, 15) is 4.79 Å². The van der Waals surface area contributed by atoms with Gasteiger partial charge in [-0.1, -0.05) is 29.5 Å². The maximum absolute atomic E-state index is 11.4. The fraction of sp³-hybridized carbons (Fsp3) is 0.438. The van der Waals surface area contributed by atoms with Crippen LogP contribution in [0.1, 0.15) is 38.3 Å². The van der Waals surface area contributed by atoms with Gasteiger partial charge in [0.25, 0.3) is 0 Å². The average molecular weight is 294 g/mol. The lowest BCUT2D eigenvalue weighted by Gasteiger charge is -2.19. The summed E-state index contributed by atoms with van der Waals surface area (Å²) in [7, 11) is 0. The van der Waals surface area contributed by atoms with Crippen LogP contribution in [0.4, 0.5) is 4.79 Å². The first-order valence-electron chi connectivity index (χ1n) is 6.50. The molecule has 0 unspecified atom stereocenters. The lowest BCUT2D eigenvalue weighted by Crippen LogP contribution is -2.32. The summed E-state index contributed by atoms with van der Waals surface area (Å²) >= 11 is 6.02. The van der Waals surface area contributed by atoms with Crippen molar-refractivity contribution in [1.29, 1.82) is 0 Å². The van der Waals surface area contributed by atoms with Crippen molar-refractivity contribution in [3.8, 4) is 11.8 Å². The lowest BCUT2D eigenvalue weighted by molar-refractivity contribution is 0.0529. The van der Waals surface area contributed by atoms with E-state index >= 15 is 0 Å². The minimum Gasteiger partial charge on any atom is -0.444 e. The van der Waals surface area contributed by atoms with Crippen LogP contribution in [-0.4, -0.2) is 18.2 Å². The second-order valence-corrected chi connectivity index (χ2v) is 5.80. The Morgan fingerprint density at radius 2 is 2.10 bits per heavy atom. The summed E-state index contributed by atoms with van der Waals surface area (Å²) in [5.74, 6) is 6.06. The first kappa shape index (κ1) is 16.4. The number of ether oxygens (including phenoxy) is 1. The Bertz CT molecular complexity index is 536. The normalized spacial score (nSPS) is 10.4. The van der Waals surface area contributed by atoms with E-state index in [1.807, 2.05) is 45.9 Å². The van der Waals surface area contributed by atoms with E-state index in [4.69, 9.17) is 16.3 Å². The van der Waals surface area contributed by atoms with Crippen LogP contribution in [-0.2, 0) is 4.74 Å². The number of rotatable bonds is 2. The van der Waals surface area contributed by atoms with Gasteiger partial charge in [0.1, 0.15) is 5.60 Å². The number of carbonyl (C=O) groups excluding carboxylic acids is 1. The summed E-state index contributed by atoms with van der Waals surface area (Å²) in [6, 6.07) is 5.64. The van der Waals surface area contributed by atoms with Gasteiger partial charge in [0.05, 0.1) is 0 Å². The quantitative estimate of drug-likeness (QED) is 0.663. The van der Waals surface area contributed by atoms with Crippen LogP contribution in [0.15, 0.2) is 18.2 Å². The second kappa shape index (κ2) is 7.21. The molecule has 0 aliphatic heterocycles. The Balaban J connectivity index is 2.41. The standard InChI is InChI=1S/C16H20ClNO2/c1-12-13(9-7-10-14(12)17)8-5-6-11-18-15(19)20-16(2,3)4/h7,9-10H,6,11H2,1-4H3,(H,18,19). The molecule has 0 heterocycles. The molecule has 108 valence electrons. The van der Waals surface area contributed by atoms with Crippen molar-refractivity contribution in [1.82, 2.24) is 5.32 Å². The summed E-state index contributed by atoms with van der Waals surface area (Å²) < 4.78 is 5.12. The molecular weight excluding hydrogens is 274 g/mol. The molecule has 3 nitrogen and oxygen atoms in total. The topological polar surface area (TPSA) is 38.3 Å². The third-order valence-electron chi connectivity index (χ3n) is 2.41. The fourth-order valence-corrected chi connectivity index (χ4v) is 1.62. The lowest BCUT2D eigenvalue weighted by atomic mass is 10.1. The van der Waals surface area contributed by atoms with E-state index in [-0.39, 0.29) is 0 Å². The van der Waals surface area contributed by atoms with Gasteiger partial charge in [-0.15, -0.1) is 0 Å². The van der Waals surface area contributed by atoms with Crippen LogP contribution in [0.3, 0.4) is 0 Å². The monoisotopic (exact) mass is 293 g/mol. The molecule has 1 N–H and O–H groups in total. The van der Waals surface area contributed by atoms with E-state index in [0.29, 0.717) is 18.0 Å². The average Bonchev–Trinajstić information content (AvgIpc) is 2.31. The van der Waals surface area contributed by atoms with E-state index in [0.717, 1.165) is 11.1 Å². The van der Waals surface area contributed by atoms with Crippen molar-refractivity contribution in [2.75, 3.05) is 6.54 Å².